The van der Waals surface area contributed by atoms with Gasteiger partial charge in [0.15, 0.2) is 12.6 Å². The number of rotatable bonds is 7. The summed E-state index contributed by atoms with van der Waals surface area (Å²) in [6, 6.07) is 0. The minimum absolute atomic E-state index is 0.0305. The number of aliphatic hydroxyl groups excluding tert-OH is 7. The Labute approximate surface area is 149 Å². The van der Waals surface area contributed by atoms with Crippen LogP contribution in [0.1, 0.15) is 0 Å². The fourth-order valence-corrected chi connectivity index (χ4v) is 2.87. The Hall–Kier alpha value is -0.480. The first-order valence-electron chi connectivity index (χ1n) is 8.25. The van der Waals surface area contributed by atoms with E-state index in [4.69, 9.17) is 24.7 Å². The molecule has 10 atom stereocenters. The topological polar surface area (TPSA) is 205 Å². The zero-order chi connectivity index (χ0) is 19.4. The molecule has 26 heavy (non-hydrogen) atoms. The summed E-state index contributed by atoms with van der Waals surface area (Å²) in [5.74, 6) is 0. The predicted octanol–water partition coefficient (Wildman–Crippen LogP) is -5.41. The first-order chi connectivity index (χ1) is 12.3. The molecule has 0 aromatic heterocycles. The number of ether oxygens (including phenoxy) is 4. The number of hydrogen-bond donors (Lipinski definition) is 8. The standard InChI is InChI=1S/C14H27NO11/c15-1-2-23-13-11(22)12(8(19)6(4-17)24-13)26-14-10(21)9(20)7(18)5(3-16)25-14/h5-14,16-22H,1-4,15H2/t5-,6-,7-,8-,9+,10+,11+,12+,13+,14+/m1/s1. The van der Waals surface area contributed by atoms with E-state index in [1.165, 1.54) is 0 Å². The summed E-state index contributed by atoms with van der Waals surface area (Å²) >= 11 is 0. The maximum Gasteiger partial charge on any atom is 0.187 e. The Balaban J connectivity index is 2.13. The molecule has 0 radical (unpaired) electrons. The highest BCUT2D eigenvalue weighted by Crippen LogP contribution is 2.29. The number of nitrogens with two attached hydrogens (primary N) is 1. The number of hydrogen-bond acceptors (Lipinski definition) is 12. The second-order valence-corrected chi connectivity index (χ2v) is 6.16. The second-order valence-electron chi connectivity index (χ2n) is 6.16. The number of aliphatic hydroxyl groups is 7. The second kappa shape index (κ2) is 9.64. The van der Waals surface area contributed by atoms with Crippen LogP contribution in [-0.4, -0.2) is 124 Å². The third-order valence-corrected chi connectivity index (χ3v) is 4.36. The minimum Gasteiger partial charge on any atom is -0.394 e. The highest BCUT2D eigenvalue weighted by atomic mass is 16.7. The fraction of sp³-hybridized carbons (Fsp3) is 1.00. The first kappa shape index (κ1) is 21.8. The molecule has 12 heteroatoms. The van der Waals surface area contributed by atoms with Crippen molar-refractivity contribution in [3.8, 4) is 0 Å². The molecule has 0 aromatic carbocycles. The van der Waals surface area contributed by atoms with Crippen LogP contribution in [0.15, 0.2) is 0 Å². The molecule has 0 aromatic rings. The molecule has 12 nitrogen and oxygen atoms in total. The van der Waals surface area contributed by atoms with Gasteiger partial charge in [-0.15, -0.1) is 0 Å². The molecule has 9 N–H and O–H groups in total. The van der Waals surface area contributed by atoms with Gasteiger partial charge in [0.05, 0.1) is 19.8 Å². The van der Waals surface area contributed by atoms with Crippen molar-refractivity contribution in [2.75, 3.05) is 26.4 Å². The monoisotopic (exact) mass is 385 g/mol. The smallest absolute Gasteiger partial charge is 0.187 e. The van der Waals surface area contributed by atoms with Gasteiger partial charge in [-0.2, -0.15) is 0 Å². The van der Waals surface area contributed by atoms with Crippen molar-refractivity contribution in [2.45, 2.75) is 61.4 Å². The molecule has 2 saturated heterocycles. The minimum atomic E-state index is -1.72. The van der Waals surface area contributed by atoms with Gasteiger partial charge >= 0.3 is 0 Å². The Morgan fingerprint density at radius 1 is 0.731 bits per heavy atom. The molecule has 0 saturated carbocycles. The van der Waals surface area contributed by atoms with Crippen LogP contribution in [-0.2, 0) is 18.9 Å². The van der Waals surface area contributed by atoms with Gasteiger partial charge < -0.3 is 60.4 Å². The summed E-state index contributed by atoms with van der Waals surface area (Å²) in [6.45, 7) is -1.10. The molecule has 0 spiro atoms. The van der Waals surface area contributed by atoms with Crippen molar-refractivity contribution in [1.82, 2.24) is 0 Å². The molecule has 2 aliphatic rings. The van der Waals surface area contributed by atoms with Crippen molar-refractivity contribution >= 4 is 0 Å². The Morgan fingerprint density at radius 2 is 1.31 bits per heavy atom. The van der Waals surface area contributed by atoms with Crippen LogP contribution >= 0.6 is 0 Å². The van der Waals surface area contributed by atoms with Gasteiger partial charge in [-0.1, -0.05) is 0 Å². The summed E-state index contributed by atoms with van der Waals surface area (Å²) in [5.41, 5.74) is 5.33. The zero-order valence-corrected chi connectivity index (χ0v) is 13.9. The van der Waals surface area contributed by atoms with Gasteiger partial charge in [0.25, 0.3) is 0 Å². The van der Waals surface area contributed by atoms with E-state index in [1.54, 1.807) is 0 Å². The highest BCUT2D eigenvalue weighted by Gasteiger charge is 2.50. The van der Waals surface area contributed by atoms with E-state index in [9.17, 15) is 35.7 Å². The van der Waals surface area contributed by atoms with Crippen molar-refractivity contribution in [2.24, 2.45) is 5.73 Å². The predicted molar refractivity (Wildman–Crippen MR) is 81.4 cm³/mol. The summed E-state index contributed by atoms with van der Waals surface area (Å²) < 4.78 is 21.1. The Kier molecular flexibility index (Phi) is 8.08. The average molecular weight is 385 g/mol. The summed E-state index contributed by atoms with van der Waals surface area (Å²) in [6.07, 6.45) is -14.7. The summed E-state index contributed by atoms with van der Waals surface area (Å²) in [5, 5.41) is 68.7. The zero-order valence-electron chi connectivity index (χ0n) is 13.9. The summed E-state index contributed by atoms with van der Waals surface area (Å²) in [4.78, 5) is 0. The lowest BCUT2D eigenvalue weighted by Gasteiger charge is -2.45. The van der Waals surface area contributed by atoms with E-state index in [-0.39, 0.29) is 13.2 Å². The molecule has 2 fully saturated rings. The van der Waals surface area contributed by atoms with Gasteiger partial charge in [0.1, 0.15) is 48.8 Å². The first-order valence-corrected chi connectivity index (χ1v) is 8.25. The maximum atomic E-state index is 10.3. The Bertz CT molecular complexity index is 428. The van der Waals surface area contributed by atoms with Crippen molar-refractivity contribution in [3.05, 3.63) is 0 Å². The SMILES string of the molecule is NCCO[C@H]1O[C@H](CO)[C@@H](O)[C@H](O[C@@H]2O[C@H](CO)[C@@H](O)[C@H](O)[C@@H]2O)[C@@H]1O. The summed E-state index contributed by atoms with van der Waals surface area (Å²) in [7, 11) is 0. The van der Waals surface area contributed by atoms with Crippen LogP contribution in [0.3, 0.4) is 0 Å². The fourth-order valence-electron chi connectivity index (χ4n) is 2.87. The third-order valence-electron chi connectivity index (χ3n) is 4.36. The van der Waals surface area contributed by atoms with Crippen molar-refractivity contribution in [3.63, 3.8) is 0 Å². The van der Waals surface area contributed by atoms with Crippen LogP contribution in [0, 0.1) is 0 Å². The lowest BCUT2D eigenvalue weighted by Crippen LogP contribution is -2.64. The van der Waals surface area contributed by atoms with E-state index < -0.39 is 74.6 Å². The highest BCUT2D eigenvalue weighted by molar-refractivity contribution is 4.94. The van der Waals surface area contributed by atoms with Crippen LogP contribution in [0.25, 0.3) is 0 Å². The molecule has 0 amide bonds. The van der Waals surface area contributed by atoms with Crippen molar-refractivity contribution < 1.29 is 54.7 Å². The van der Waals surface area contributed by atoms with E-state index in [1.807, 2.05) is 0 Å². The quantitative estimate of drug-likeness (QED) is 0.207. The largest absolute Gasteiger partial charge is 0.394 e. The molecule has 0 aliphatic carbocycles. The van der Waals surface area contributed by atoms with E-state index in [0.717, 1.165) is 0 Å². The van der Waals surface area contributed by atoms with Gasteiger partial charge in [-0.05, 0) is 0 Å². The van der Waals surface area contributed by atoms with Crippen LogP contribution in [0.4, 0.5) is 0 Å². The van der Waals surface area contributed by atoms with Crippen LogP contribution < -0.4 is 5.73 Å². The van der Waals surface area contributed by atoms with E-state index >= 15 is 0 Å². The lowest BCUT2D eigenvalue weighted by molar-refractivity contribution is -0.359. The maximum absolute atomic E-state index is 10.3. The lowest BCUT2D eigenvalue weighted by atomic mass is 9.97. The Morgan fingerprint density at radius 3 is 1.88 bits per heavy atom. The normalized spacial score (nSPS) is 47.1. The molecule has 0 unspecified atom stereocenters. The molecular weight excluding hydrogens is 358 g/mol. The molecule has 2 aliphatic heterocycles. The van der Waals surface area contributed by atoms with Gasteiger partial charge in [-0.3, -0.25) is 0 Å². The average Bonchev–Trinajstić information content (AvgIpc) is 2.64. The van der Waals surface area contributed by atoms with Crippen molar-refractivity contribution in [1.29, 1.82) is 0 Å². The van der Waals surface area contributed by atoms with Crippen LogP contribution in [0.5, 0.6) is 0 Å². The molecular formula is C14H27NO11. The van der Waals surface area contributed by atoms with E-state index in [2.05, 4.69) is 0 Å². The molecule has 0 bridgehead atoms. The van der Waals surface area contributed by atoms with Gasteiger partial charge in [0.2, 0.25) is 0 Å². The molecule has 2 heterocycles. The molecule has 2 rings (SSSR count). The van der Waals surface area contributed by atoms with E-state index in [0.29, 0.717) is 0 Å². The van der Waals surface area contributed by atoms with Gasteiger partial charge in [0, 0.05) is 6.54 Å². The van der Waals surface area contributed by atoms with Crippen LogP contribution in [0.2, 0.25) is 0 Å². The molecule has 154 valence electrons. The third kappa shape index (κ3) is 4.49. The van der Waals surface area contributed by atoms with Gasteiger partial charge in [-0.25, -0.2) is 0 Å².